The van der Waals surface area contributed by atoms with Gasteiger partial charge < -0.3 is 10.6 Å². The van der Waals surface area contributed by atoms with Gasteiger partial charge in [-0.15, -0.1) is 11.3 Å². The van der Waals surface area contributed by atoms with Gasteiger partial charge >= 0.3 is 0 Å². The minimum Gasteiger partial charge on any atom is -0.370 e. The second-order valence-electron chi connectivity index (χ2n) is 4.68. The Morgan fingerprint density at radius 2 is 2.19 bits per heavy atom. The Bertz CT molecular complexity index is 598. The number of rotatable bonds is 6. The number of aryl methyl sites for hydroxylation is 1. The topological polar surface area (TPSA) is 66.9 Å². The first-order valence-corrected chi connectivity index (χ1v) is 7.97. The smallest absolute Gasteiger partial charge is 0.252 e. The first-order chi connectivity index (χ1) is 10.1. The number of nitrogens with one attached hydrogen (secondary N) is 2. The van der Waals surface area contributed by atoms with Crippen molar-refractivity contribution in [3.63, 3.8) is 0 Å². The molecule has 2 rings (SSSR count). The first-order valence-electron chi connectivity index (χ1n) is 7.09. The Balaban J connectivity index is 2.16. The summed E-state index contributed by atoms with van der Waals surface area (Å²) in [6, 6.07) is 3.52. The Labute approximate surface area is 128 Å². The third-order valence-electron chi connectivity index (χ3n) is 3.03. The van der Waals surface area contributed by atoms with Crippen molar-refractivity contribution in [2.45, 2.75) is 33.2 Å². The van der Waals surface area contributed by atoms with Gasteiger partial charge in [0.15, 0.2) is 0 Å². The predicted octanol–water partition coefficient (Wildman–Crippen LogP) is 3.02. The number of amides is 1. The molecule has 0 aliphatic rings. The van der Waals surface area contributed by atoms with Crippen molar-refractivity contribution in [2.75, 3.05) is 11.9 Å². The van der Waals surface area contributed by atoms with Crippen molar-refractivity contribution >= 4 is 23.1 Å². The van der Waals surface area contributed by atoms with E-state index in [9.17, 15) is 4.79 Å². The SMILES string of the molecule is CCNc1cc(C(=O)NC(C)c2nccs2)cc(CC)n1. The Kier molecular flexibility index (Phi) is 5.27. The molecular weight excluding hydrogens is 284 g/mol. The predicted molar refractivity (Wildman–Crippen MR) is 85.8 cm³/mol. The number of hydrogen-bond donors (Lipinski definition) is 2. The summed E-state index contributed by atoms with van der Waals surface area (Å²) in [5.74, 6) is 0.637. The summed E-state index contributed by atoms with van der Waals surface area (Å²) in [6.07, 6.45) is 2.54. The number of pyridine rings is 1. The fourth-order valence-electron chi connectivity index (χ4n) is 1.96. The first kappa shape index (κ1) is 15.4. The highest BCUT2D eigenvalue weighted by Gasteiger charge is 2.14. The summed E-state index contributed by atoms with van der Waals surface area (Å²) in [5, 5.41) is 8.94. The largest absolute Gasteiger partial charge is 0.370 e. The van der Waals surface area contributed by atoms with E-state index in [1.54, 1.807) is 12.3 Å². The van der Waals surface area contributed by atoms with Crippen LogP contribution in [0.3, 0.4) is 0 Å². The standard InChI is InChI=1S/C15H20N4OS/c1-4-12-8-11(9-13(19-12)16-5-2)14(20)18-10(3)15-17-6-7-21-15/h6-10H,4-5H2,1-3H3,(H,16,19)(H,18,20). The van der Waals surface area contributed by atoms with E-state index in [0.717, 1.165) is 29.5 Å². The van der Waals surface area contributed by atoms with Gasteiger partial charge in [-0.25, -0.2) is 9.97 Å². The molecule has 0 fully saturated rings. The number of anilines is 1. The number of aromatic nitrogens is 2. The number of carbonyl (C=O) groups excluding carboxylic acids is 1. The quantitative estimate of drug-likeness (QED) is 0.861. The van der Waals surface area contributed by atoms with E-state index < -0.39 is 0 Å². The van der Waals surface area contributed by atoms with Crippen molar-refractivity contribution in [3.05, 3.63) is 40.0 Å². The number of thiazole rings is 1. The van der Waals surface area contributed by atoms with Crippen molar-refractivity contribution in [1.29, 1.82) is 0 Å². The van der Waals surface area contributed by atoms with Gasteiger partial charge in [0.25, 0.3) is 5.91 Å². The van der Waals surface area contributed by atoms with Crippen LogP contribution in [0, 0.1) is 0 Å². The van der Waals surface area contributed by atoms with E-state index in [2.05, 4.69) is 20.6 Å². The van der Waals surface area contributed by atoms with Gasteiger partial charge in [0.2, 0.25) is 0 Å². The molecule has 2 aromatic heterocycles. The molecule has 0 aliphatic heterocycles. The highest BCUT2D eigenvalue weighted by Crippen LogP contribution is 2.17. The zero-order valence-corrected chi connectivity index (χ0v) is 13.3. The molecule has 1 atom stereocenters. The summed E-state index contributed by atoms with van der Waals surface area (Å²) in [5.41, 5.74) is 1.53. The molecule has 0 aliphatic carbocycles. The van der Waals surface area contributed by atoms with Gasteiger partial charge in [-0.2, -0.15) is 0 Å². The van der Waals surface area contributed by atoms with Gasteiger partial charge in [-0.3, -0.25) is 4.79 Å². The molecule has 2 heterocycles. The van der Waals surface area contributed by atoms with Crippen LogP contribution in [0.25, 0.3) is 0 Å². The molecule has 6 heteroatoms. The lowest BCUT2D eigenvalue weighted by Crippen LogP contribution is -2.27. The minimum absolute atomic E-state index is 0.0988. The molecule has 0 radical (unpaired) electrons. The maximum Gasteiger partial charge on any atom is 0.252 e. The van der Waals surface area contributed by atoms with Crippen LogP contribution < -0.4 is 10.6 Å². The molecule has 0 saturated heterocycles. The van der Waals surface area contributed by atoms with Gasteiger partial charge in [0.05, 0.1) is 6.04 Å². The van der Waals surface area contributed by atoms with E-state index in [1.807, 2.05) is 32.2 Å². The van der Waals surface area contributed by atoms with Crippen molar-refractivity contribution in [1.82, 2.24) is 15.3 Å². The highest BCUT2D eigenvalue weighted by molar-refractivity contribution is 7.09. The van der Waals surface area contributed by atoms with Gasteiger partial charge in [0.1, 0.15) is 10.8 Å². The van der Waals surface area contributed by atoms with Crippen LogP contribution in [0.1, 0.15) is 47.9 Å². The van der Waals surface area contributed by atoms with Crippen molar-refractivity contribution in [2.24, 2.45) is 0 Å². The Morgan fingerprint density at radius 1 is 1.38 bits per heavy atom. The zero-order valence-electron chi connectivity index (χ0n) is 12.5. The van der Waals surface area contributed by atoms with E-state index in [0.29, 0.717) is 5.56 Å². The monoisotopic (exact) mass is 304 g/mol. The maximum absolute atomic E-state index is 12.4. The van der Waals surface area contributed by atoms with E-state index in [1.165, 1.54) is 11.3 Å². The van der Waals surface area contributed by atoms with Crippen LogP contribution in [0.15, 0.2) is 23.7 Å². The number of nitrogens with zero attached hydrogens (tertiary/aromatic N) is 2. The molecule has 0 bridgehead atoms. The molecule has 1 unspecified atom stereocenters. The molecule has 1 amide bonds. The third-order valence-corrected chi connectivity index (χ3v) is 3.99. The van der Waals surface area contributed by atoms with Crippen molar-refractivity contribution in [3.8, 4) is 0 Å². The summed E-state index contributed by atoms with van der Waals surface area (Å²) in [7, 11) is 0. The molecule has 112 valence electrons. The summed E-state index contributed by atoms with van der Waals surface area (Å²) >= 11 is 1.54. The zero-order chi connectivity index (χ0) is 15.2. The average molecular weight is 304 g/mol. The molecule has 0 saturated carbocycles. The molecule has 0 spiro atoms. The lowest BCUT2D eigenvalue weighted by molar-refractivity contribution is 0.0939. The molecular formula is C15H20N4OS. The van der Waals surface area contributed by atoms with E-state index >= 15 is 0 Å². The fourth-order valence-corrected chi connectivity index (χ4v) is 2.61. The van der Waals surface area contributed by atoms with E-state index in [-0.39, 0.29) is 11.9 Å². The van der Waals surface area contributed by atoms with E-state index in [4.69, 9.17) is 0 Å². The second kappa shape index (κ2) is 7.17. The van der Waals surface area contributed by atoms with Crippen molar-refractivity contribution < 1.29 is 4.79 Å². The van der Waals surface area contributed by atoms with Crippen LogP contribution in [0.4, 0.5) is 5.82 Å². The highest BCUT2D eigenvalue weighted by atomic mass is 32.1. The molecule has 2 aromatic rings. The summed E-state index contributed by atoms with van der Waals surface area (Å²) in [4.78, 5) is 21.1. The lowest BCUT2D eigenvalue weighted by atomic mass is 10.1. The summed E-state index contributed by atoms with van der Waals surface area (Å²) in [6.45, 7) is 6.74. The Hall–Kier alpha value is -1.95. The molecule has 5 nitrogen and oxygen atoms in total. The average Bonchev–Trinajstić information content (AvgIpc) is 3.01. The van der Waals surface area contributed by atoms with Gasteiger partial charge in [-0.05, 0) is 32.4 Å². The van der Waals surface area contributed by atoms with Gasteiger partial charge in [-0.1, -0.05) is 6.92 Å². The van der Waals surface area contributed by atoms with Gasteiger partial charge in [0, 0.05) is 29.4 Å². The minimum atomic E-state index is -0.103. The van der Waals surface area contributed by atoms with Crippen LogP contribution in [-0.4, -0.2) is 22.4 Å². The molecule has 2 N–H and O–H groups in total. The molecule has 0 aromatic carbocycles. The third kappa shape index (κ3) is 4.01. The van der Waals surface area contributed by atoms with Crippen LogP contribution in [-0.2, 0) is 6.42 Å². The summed E-state index contributed by atoms with van der Waals surface area (Å²) < 4.78 is 0. The second-order valence-corrected chi connectivity index (χ2v) is 5.61. The Morgan fingerprint density at radius 3 is 2.81 bits per heavy atom. The molecule has 21 heavy (non-hydrogen) atoms. The normalized spacial score (nSPS) is 12.0. The lowest BCUT2D eigenvalue weighted by Gasteiger charge is -2.13. The van der Waals surface area contributed by atoms with Crippen LogP contribution in [0.2, 0.25) is 0 Å². The number of carbonyl (C=O) groups is 1. The fraction of sp³-hybridized carbons (Fsp3) is 0.400. The van der Waals surface area contributed by atoms with Crippen LogP contribution in [0.5, 0.6) is 0 Å². The number of hydrogen-bond acceptors (Lipinski definition) is 5. The maximum atomic E-state index is 12.4. The van der Waals surface area contributed by atoms with Crippen LogP contribution >= 0.6 is 11.3 Å².